The van der Waals surface area contributed by atoms with Gasteiger partial charge in [0.2, 0.25) is 10.0 Å². The molecular weight excluding hydrogens is 174 g/mol. The first-order valence-corrected chi connectivity index (χ1v) is 5.13. The molecule has 0 bridgehead atoms. The largest absolute Gasteiger partial charge is 0.238 e. The predicted molar refractivity (Wildman–Crippen MR) is 48.7 cm³/mol. The van der Waals surface area contributed by atoms with Gasteiger partial charge in [-0.05, 0) is 25.0 Å². The molecule has 0 amide bonds. The number of primary sulfonamides is 1. The molecule has 4 heteroatoms. The Bertz CT molecular complexity index is 361. The minimum absolute atomic E-state index is 0.205. The van der Waals surface area contributed by atoms with Crippen molar-refractivity contribution in [3.63, 3.8) is 0 Å². The second kappa shape index (κ2) is 3.25. The number of hydrogen-bond donors (Lipinski definition) is 1. The summed E-state index contributed by atoms with van der Waals surface area (Å²) in [7, 11) is -3.56. The molecule has 0 radical (unpaired) electrons. The van der Waals surface area contributed by atoms with E-state index < -0.39 is 10.0 Å². The van der Waals surface area contributed by atoms with E-state index in [1.165, 1.54) is 6.08 Å². The molecule has 0 aromatic heterocycles. The van der Waals surface area contributed by atoms with Crippen LogP contribution in [0.25, 0.3) is 0 Å². The van der Waals surface area contributed by atoms with E-state index in [0.29, 0.717) is 5.57 Å². The van der Waals surface area contributed by atoms with Gasteiger partial charge in [-0.15, -0.1) is 0 Å². The number of rotatable bonds is 1. The number of hydrogen-bond acceptors (Lipinski definition) is 2. The standard InChI is InChI=1S/C8H11NO2S/c1-7-5-3-2-4-6-8(7)12(9,10)11/h2,4-6H,3H2,1H3,(H2,9,10,11). The van der Waals surface area contributed by atoms with Crippen LogP contribution in [0, 0.1) is 0 Å². The van der Waals surface area contributed by atoms with Crippen molar-refractivity contribution < 1.29 is 8.42 Å². The Morgan fingerprint density at radius 2 is 2.17 bits per heavy atom. The molecule has 0 saturated carbocycles. The molecule has 0 heterocycles. The van der Waals surface area contributed by atoms with Gasteiger partial charge in [-0.3, -0.25) is 0 Å². The Labute approximate surface area is 72.3 Å². The molecule has 0 aliphatic heterocycles. The van der Waals surface area contributed by atoms with Crippen molar-refractivity contribution in [1.82, 2.24) is 0 Å². The molecule has 3 nitrogen and oxygen atoms in total. The molecule has 0 atom stereocenters. The molecule has 0 aromatic rings. The summed E-state index contributed by atoms with van der Waals surface area (Å²) < 4.78 is 22.0. The summed E-state index contributed by atoms with van der Waals surface area (Å²) in [5, 5.41) is 5.00. The highest BCUT2D eigenvalue weighted by molar-refractivity contribution is 7.93. The third kappa shape index (κ3) is 2.06. The van der Waals surface area contributed by atoms with Gasteiger partial charge in [0.15, 0.2) is 0 Å². The molecule has 0 unspecified atom stereocenters. The zero-order valence-corrected chi connectivity index (χ0v) is 7.64. The van der Waals surface area contributed by atoms with Crippen molar-refractivity contribution in [2.24, 2.45) is 5.14 Å². The quantitative estimate of drug-likeness (QED) is 0.664. The Hall–Kier alpha value is -0.870. The Kier molecular flexibility index (Phi) is 2.49. The van der Waals surface area contributed by atoms with Gasteiger partial charge in [0.1, 0.15) is 0 Å². The second-order valence-electron chi connectivity index (χ2n) is 2.63. The lowest BCUT2D eigenvalue weighted by atomic mass is 10.2. The fourth-order valence-corrected chi connectivity index (χ4v) is 1.83. The summed E-state index contributed by atoms with van der Waals surface area (Å²) in [5.41, 5.74) is 0.711. The van der Waals surface area contributed by atoms with Crippen LogP contribution in [0.1, 0.15) is 13.3 Å². The SMILES string of the molecule is CC1=CCC=CC=C1S(N)(=O)=O. The summed E-state index contributed by atoms with van der Waals surface area (Å²) in [4.78, 5) is 0.205. The lowest BCUT2D eigenvalue weighted by molar-refractivity contribution is 0.604. The molecule has 1 rings (SSSR count). The van der Waals surface area contributed by atoms with Crippen molar-refractivity contribution in [2.45, 2.75) is 13.3 Å². The zero-order chi connectivity index (χ0) is 9.19. The van der Waals surface area contributed by atoms with Crippen LogP contribution in [0.2, 0.25) is 0 Å². The van der Waals surface area contributed by atoms with Gasteiger partial charge < -0.3 is 0 Å². The van der Waals surface area contributed by atoms with E-state index in [1.807, 2.05) is 12.2 Å². The van der Waals surface area contributed by atoms with Crippen molar-refractivity contribution in [2.75, 3.05) is 0 Å². The highest BCUT2D eigenvalue weighted by Gasteiger charge is 2.13. The van der Waals surface area contributed by atoms with E-state index in [0.717, 1.165) is 6.42 Å². The van der Waals surface area contributed by atoms with Crippen LogP contribution >= 0.6 is 0 Å². The molecule has 66 valence electrons. The maximum atomic E-state index is 11.0. The van der Waals surface area contributed by atoms with E-state index in [-0.39, 0.29) is 4.91 Å². The molecule has 1 aliphatic carbocycles. The smallest absolute Gasteiger partial charge is 0.225 e. The Morgan fingerprint density at radius 1 is 1.50 bits per heavy atom. The normalized spacial score (nSPS) is 18.2. The summed E-state index contributed by atoms with van der Waals surface area (Å²) in [5.74, 6) is 0. The van der Waals surface area contributed by atoms with Crippen LogP contribution < -0.4 is 5.14 Å². The van der Waals surface area contributed by atoms with E-state index in [2.05, 4.69) is 0 Å². The molecule has 0 saturated heterocycles. The van der Waals surface area contributed by atoms with Gasteiger partial charge in [-0.1, -0.05) is 18.2 Å². The average Bonchev–Trinajstić information content (AvgIpc) is 2.11. The molecule has 2 N–H and O–H groups in total. The lowest BCUT2D eigenvalue weighted by Crippen LogP contribution is -2.15. The first-order valence-electron chi connectivity index (χ1n) is 3.58. The van der Waals surface area contributed by atoms with Gasteiger partial charge in [0.25, 0.3) is 0 Å². The second-order valence-corrected chi connectivity index (χ2v) is 4.16. The van der Waals surface area contributed by atoms with E-state index in [9.17, 15) is 8.42 Å². The average molecular weight is 185 g/mol. The Morgan fingerprint density at radius 3 is 2.75 bits per heavy atom. The van der Waals surface area contributed by atoms with E-state index >= 15 is 0 Å². The summed E-state index contributed by atoms with van der Waals surface area (Å²) in [6.45, 7) is 1.74. The first-order chi connectivity index (χ1) is 5.52. The monoisotopic (exact) mass is 185 g/mol. The molecule has 0 spiro atoms. The minimum Gasteiger partial charge on any atom is -0.225 e. The first kappa shape index (κ1) is 9.22. The third-order valence-corrected chi connectivity index (χ3v) is 2.71. The van der Waals surface area contributed by atoms with Gasteiger partial charge in [-0.25, -0.2) is 13.6 Å². The lowest BCUT2D eigenvalue weighted by Gasteiger charge is -2.02. The van der Waals surface area contributed by atoms with E-state index in [4.69, 9.17) is 5.14 Å². The molecular formula is C8H11NO2S. The van der Waals surface area contributed by atoms with Crippen molar-refractivity contribution in [3.8, 4) is 0 Å². The van der Waals surface area contributed by atoms with Crippen LogP contribution in [0.15, 0.2) is 34.8 Å². The van der Waals surface area contributed by atoms with Gasteiger partial charge >= 0.3 is 0 Å². The van der Waals surface area contributed by atoms with Crippen LogP contribution in [0.3, 0.4) is 0 Å². The molecule has 1 aliphatic rings. The van der Waals surface area contributed by atoms with Crippen molar-refractivity contribution >= 4 is 10.0 Å². The fourth-order valence-electron chi connectivity index (χ4n) is 1.03. The van der Waals surface area contributed by atoms with Gasteiger partial charge in [-0.2, -0.15) is 0 Å². The third-order valence-electron chi connectivity index (χ3n) is 1.64. The van der Waals surface area contributed by atoms with Crippen LogP contribution in [-0.4, -0.2) is 8.42 Å². The minimum atomic E-state index is -3.56. The van der Waals surface area contributed by atoms with Crippen LogP contribution in [0.5, 0.6) is 0 Å². The van der Waals surface area contributed by atoms with Crippen LogP contribution in [-0.2, 0) is 10.0 Å². The molecule has 0 fully saturated rings. The number of sulfonamides is 1. The van der Waals surface area contributed by atoms with Crippen LogP contribution in [0.4, 0.5) is 0 Å². The number of allylic oxidation sites excluding steroid dienone is 5. The Balaban J connectivity index is 3.19. The fraction of sp³-hybridized carbons (Fsp3) is 0.250. The summed E-state index contributed by atoms with van der Waals surface area (Å²) >= 11 is 0. The zero-order valence-electron chi connectivity index (χ0n) is 6.82. The highest BCUT2D eigenvalue weighted by atomic mass is 32.2. The van der Waals surface area contributed by atoms with Gasteiger partial charge in [0.05, 0.1) is 4.91 Å². The maximum Gasteiger partial charge on any atom is 0.238 e. The summed E-state index contributed by atoms with van der Waals surface area (Å²) in [6.07, 6.45) is 7.68. The summed E-state index contributed by atoms with van der Waals surface area (Å²) in [6, 6.07) is 0. The predicted octanol–water partition coefficient (Wildman–Crippen LogP) is 1.07. The molecule has 12 heavy (non-hydrogen) atoms. The molecule has 0 aromatic carbocycles. The topological polar surface area (TPSA) is 60.2 Å². The van der Waals surface area contributed by atoms with Crippen molar-refractivity contribution in [3.05, 3.63) is 34.8 Å². The van der Waals surface area contributed by atoms with Gasteiger partial charge in [0, 0.05) is 0 Å². The highest BCUT2D eigenvalue weighted by Crippen LogP contribution is 2.17. The van der Waals surface area contributed by atoms with E-state index in [1.54, 1.807) is 13.0 Å². The van der Waals surface area contributed by atoms with Crippen molar-refractivity contribution in [1.29, 1.82) is 0 Å². The maximum absolute atomic E-state index is 11.0. The number of nitrogens with two attached hydrogens (primary N) is 1.